The largest absolute Gasteiger partial charge is 0.394 e. The number of carbonyl (C=O) groups is 1. The maximum absolute atomic E-state index is 12.3. The topological polar surface area (TPSA) is 105 Å². The van der Waals surface area contributed by atoms with Crippen LogP contribution in [-0.2, 0) is 4.79 Å². The Labute approximate surface area is 163 Å². The van der Waals surface area contributed by atoms with E-state index >= 15 is 0 Å². The van der Waals surface area contributed by atoms with E-state index in [2.05, 4.69) is 17.0 Å². The van der Waals surface area contributed by atoms with Gasteiger partial charge in [0.2, 0.25) is 0 Å². The first-order valence-corrected chi connectivity index (χ1v) is 9.42. The molecule has 1 heterocycles. The van der Waals surface area contributed by atoms with E-state index in [0.717, 1.165) is 29.4 Å². The van der Waals surface area contributed by atoms with Gasteiger partial charge in [-0.1, -0.05) is 18.2 Å². The van der Waals surface area contributed by atoms with Gasteiger partial charge in [-0.2, -0.15) is 5.26 Å². The average molecular weight is 380 g/mol. The molecule has 0 radical (unpaired) electrons. The zero-order chi connectivity index (χ0) is 20.1. The lowest BCUT2D eigenvalue weighted by Crippen LogP contribution is -2.36. The number of fused-ring (bicyclic) bond motifs is 1. The molecule has 1 aliphatic rings. The lowest BCUT2D eigenvalue weighted by atomic mass is 9.99. The van der Waals surface area contributed by atoms with Crippen molar-refractivity contribution in [1.82, 2.24) is 0 Å². The maximum atomic E-state index is 12.3. The van der Waals surface area contributed by atoms with Gasteiger partial charge in [0.25, 0.3) is 0 Å². The van der Waals surface area contributed by atoms with Crippen molar-refractivity contribution >= 4 is 28.3 Å². The van der Waals surface area contributed by atoms with Gasteiger partial charge in [-0.15, -0.1) is 0 Å². The van der Waals surface area contributed by atoms with Crippen LogP contribution in [0.15, 0.2) is 42.0 Å². The zero-order valence-corrected chi connectivity index (χ0v) is 15.6. The molecule has 0 spiro atoms. The van der Waals surface area contributed by atoms with E-state index in [4.69, 9.17) is 5.11 Å². The molecule has 2 atom stereocenters. The van der Waals surface area contributed by atoms with E-state index in [0.29, 0.717) is 0 Å². The summed E-state index contributed by atoms with van der Waals surface area (Å²) in [5.74, 6) is -0.403. The van der Waals surface area contributed by atoms with Crippen LogP contribution in [0, 0.1) is 11.3 Å². The highest BCUT2D eigenvalue weighted by Gasteiger charge is 2.18. The van der Waals surface area contributed by atoms with Crippen LogP contribution in [0.3, 0.4) is 0 Å². The van der Waals surface area contributed by atoms with Crippen LogP contribution < -0.4 is 4.90 Å². The fourth-order valence-electron chi connectivity index (χ4n) is 3.18. The van der Waals surface area contributed by atoms with Gasteiger partial charge in [0.15, 0.2) is 5.78 Å². The Balaban J connectivity index is 1.73. The standard InChI is InChI=1S/C22H24N2O4/c23-13-18(20(26)6-7-21(27)22(28)14-25)11-15-2-3-17-12-19(24-8-1-9-24)5-4-16(17)10-15/h2-5,10-12,21-22,25,27-28H,1,6-9,14H2/b18-11+. The second-order valence-electron chi connectivity index (χ2n) is 7.08. The van der Waals surface area contributed by atoms with Crippen molar-refractivity contribution in [3.63, 3.8) is 0 Å². The number of carbonyl (C=O) groups excluding carboxylic acids is 1. The molecule has 2 aromatic carbocycles. The Morgan fingerprint density at radius 3 is 2.50 bits per heavy atom. The highest BCUT2D eigenvalue weighted by molar-refractivity contribution is 6.03. The van der Waals surface area contributed by atoms with Crippen LogP contribution in [-0.4, -0.2) is 53.0 Å². The van der Waals surface area contributed by atoms with Crippen molar-refractivity contribution in [1.29, 1.82) is 5.26 Å². The van der Waals surface area contributed by atoms with Crippen molar-refractivity contribution < 1.29 is 20.1 Å². The molecule has 1 aliphatic heterocycles. The number of aliphatic hydroxyl groups is 3. The van der Waals surface area contributed by atoms with Crippen LogP contribution in [0.4, 0.5) is 5.69 Å². The molecule has 28 heavy (non-hydrogen) atoms. The summed E-state index contributed by atoms with van der Waals surface area (Å²) in [6.45, 7) is 1.60. The first-order valence-electron chi connectivity index (χ1n) is 9.42. The molecule has 2 aromatic rings. The molecule has 6 nitrogen and oxygen atoms in total. The Kier molecular flexibility index (Phi) is 6.42. The van der Waals surface area contributed by atoms with Crippen molar-refractivity contribution in [3.8, 4) is 6.07 Å². The van der Waals surface area contributed by atoms with Gasteiger partial charge in [0.05, 0.1) is 18.3 Å². The molecular weight excluding hydrogens is 356 g/mol. The monoisotopic (exact) mass is 380 g/mol. The van der Waals surface area contributed by atoms with Crippen LogP contribution in [0.25, 0.3) is 16.8 Å². The second-order valence-corrected chi connectivity index (χ2v) is 7.08. The van der Waals surface area contributed by atoms with Gasteiger partial charge in [0.1, 0.15) is 12.2 Å². The van der Waals surface area contributed by atoms with Gasteiger partial charge in [-0.3, -0.25) is 4.79 Å². The average Bonchev–Trinajstić information content (AvgIpc) is 2.67. The predicted molar refractivity (Wildman–Crippen MR) is 108 cm³/mol. The third-order valence-electron chi connectivity index (χ3n) is 5.10. The molecule has 1 fully saturated rings. The number of ketones is 1. The van der Waals surface area contributed by atoms with E-state index in [1.807, 2.05) is 30.3 Å². The predicted octanol–water partition coefficient (Wildman–Crippen LogP) is 2.02. The van der Waals surface area contributed by atoms with Crippen LogP contribution in [0.1, 0.15) is 24.8 Å². The number of hydrogen-bond donors (Lipinski definition) is 3. The van der Waals surface area contributed by atoms with Crippen LogP contribution in [0.5, 0.6) is 0 Å². The number of allylic oxidation sites excluding steroid dienone is 1. The Bertz CT molecular complexity index is 928. The quantitative estimate of drug-likeness (QED) is 0.478. The molecule has 146 valence electrons. The van der Waals surface area contributed by atoms with Gasteiger partial charge in [-0.05, 0) is 53.5 Å². The van der Waals surface area contributed by atoms with E-state index in [9.17, 15) is 20.3 Å². The molecule has 0 saturated carbocycles. The Hall–Kier alpha value is -2.72. The van der Waals surface area contributed by atoms with Crippen LogP contribution >= 0.6 is 0 Å². The lowest BCUT2D eigenvalue weighted by molar-refractivity contribution is -0.116. The summed E-state index contributed by atoms with van der Waals surface area (Å²) in [6.07, 6.45) is 0.183. The molecular formula is C22H24N2O4. The third-order valence-corrected chi connectivity index (χ3v) is 5.10. The van der Waals surface area contributed by atoms with E-state index in [1.54, 1.807) is 6.08 Å². The fraction of sp³-hybridized carbons (Fsp3) is 0.364. The lowest BCUT2D eigenvalue weighted by Gasteiger charge is -2.33. The third kappa shape index (κ3) is 4.57. The van der Waals surface area contributed by atoms with Crippen molar-refractivity contribution in [3.05, 3.63) is 47.5 Å². The normalized spacial score (nSPS) is 16.4. The maximum Gasteiger partial charge on any atom is 0.173 e. The number of benzene rings is 2. The molecule has 0 aliphatic carbocycles. The Morgan fingerprint density at radius 1 is 1.14 bits per heavy atom. The number of Topliss-reactive ketones (excluding diaryl/α,β-unsaturated/α-hetero) is 1. The van der Waals surface area contributed by atoms with Crippen molar-refractivity contribution in [2.45, 2.75) is 31.5 Å². The van der Waals surface area contributed by atoms with Gasteiger partial charge < -0.3 is 20.2 Å². The molecule has 1 saturated heterocycles. The highest BCUT2D eigenvalue weighted by Crippen LogP contribution is 2.26. The number of nitriles is 1. The first kappa shape index (κ1) is 20.0. The number of hydrogen-bond acceptors (Lipinski definition) is 6. The summed E-state index contributed by atoms with van der Waals surface area (Å²) < 4.78 is 0. The zero-order valence-electron chi connectivity index (χ0n) is 15.6. The number of nitrogens with zero attached hydrogens (tertiary/aromatic N) is 2. The number of anilines is 1. The molecule has 0 amide bonds. The molecule has 0 bridgehead atoms. The summed E-state index contributed by atoms with van der Waals surface area (Å²) in [5.41, 5.74) is 1.96. The highest BCUT2D eigenvalue weighted by atomic mass is 16.4. The van der Waals surface area contributed by atoms with Crippen molar-refractivity contribution in [2.75, 3.05) is 24.6 Å². The smallest absolute Gasteiger partial charge is 0.173 e. The van der Waals surface area contributed by atoms with Gasteiger partial charge >= 0.3 is 0 Å². The first-order chi connectivity index (χ1) is 13.5. The molecule has 3 N–H and O–H groups in total. The SMILES string of the molecule is N#C/C(=C\c1ccc2cc(N3CCC3)ccc2c1)C(=O)CCC(O)C(O)CO. The molecule has 6 heteroatoms. The summed E-state index contributed by atoms with van der Waals surface area (Å²) in [6, 6.07) is 14.0. The minimum atomic E-state index is -1.29. The minimum Gasteiger partial charge on any atom is -0.394 e. The van der Waals surface area contributed by atoms with E-state index in [1.165, 1.54) is 12.1 Å². The molecule has 2 unspecified atom stereocenters. The van der Waals surface area contributed by atoms with Gasteiger partial charge in [-0.25, -0.2) is 0 Å². The summed E-state index contributed by atoms with van der Waals surface area (Å²) in [5, 5.41) is 39.3. The van der Waals surface area contributed by atoms with Crippen molar-refractivity contribution in [2.24, 2.45) is 0 Å². The summed E-state index contributed by atoms with van der Waals surface area (Å²) in [4.78, 5) is 14.6. The minimum absolute atomic E-state index is 0.00207. The Morgan fingerprint density at radius 2 is 1.86 bits per heavy atom. The van der Waals surface area contributed by atoms with Crippen LogP contribution in [0.2, 0.25) is 0 Å². The van der Waals surface area contributed by atoms with E-state index < -0.39 is 24.6 Å². The summed E-state index contributed by atoms with van der Waals surface area (Å²) >= 11 is 0. The molecule has 0 aromatic heterocycles. The van der Waals surface area contributed by atoms with Gasteiger partial charge in [0, 0.05) is 25.2 Å². The summed E-state index contributed by atoms with van der Waals surface area (Å²) in [7, 11) is 0. The number of rotatable bonds is 8. The molecule has 3 rings (SSSR count). The fourth-order valence-corrected chi connectivity index (χ4v) is 3.18. The number of aliphatic hydroxyl groups excluding tert-OH is 3. The van der Waals surface area contributed by atoms with E-state index in [-0.39, 0.29) is 18.4 Å². The second kappa shape index (κ2) is 8.98.